The van der Waals surface area contributed by atoms with Crippen molar-refractivity contribution in [3.63, 3.8) is 0 Å². The Morgan fingerprint density at radius 2 is 1.32 bits per heavy atom. The molecule has 1 amide bonds. The lowest BCUT2D eigenvalue weighted by Crippen LogP contribution is -2.33. The van der Waals surface area contributed by atoms with Crippen molar-refractivity contribution in [3.05, 3.63) is 59.7 Å². The molecule has 2 aromatic carbocycles. The summed E-state index contributed by atoms with van der Waals surface area (Å²) in [6.07, 6.45) is 13.8. The Morgan fingerprint density at radius 1 is 0.818 bits per heavy atom. The fourth-order valence-electron chi connectivity index (χ4n) is 6.06. The molecule has 0 bridgehead atoms. The summed E-state index contributed by atoms with van der Waals surface area (Å²) in [5, 5.41) is 20.9. The van der Waals surface area contributed by atoms with E-state index in [4.69, 9.17) is 29.2 Å². The summed E-state index contributed by atoms with van der Waals surface area (Å²) in [4.78, 5) is 10.8. The van der Waals surface area contributed by atoms with Gasteiger partial charge in [-0.2, -0.15) is 0 Å². The Labute approximate surface area is 263 Å². The standard InChI is InChI=1S/C21H31NO4.C15H22O3/c1-16(23)22-12-4-7-21-24-14-18(15-25-21)13-17-8-10-20(11-9-17)26-19-5-2-3-6-19;16-10-13(11-17)9-12-5-7-15(8-6-12)18-14-3-1-2-4-14/h8-11,18-19,21H,2-7,12-15H2,1H3,(H,22,23);5-8,13-14,16-17H,1-4,9-11H2. The first-order valence-electron chi connectivity index (χ1n) is 16.7. The van der Waals surface area contributed by atoms with Gasteiger partial charge in [-0.1, -0.05) is 24.3 Å². The van der Waals surface area contributed by atoms with Gasteiger partial charge in [-0.15, -0.1) is 0 Å². The van der Waals surface area contributed by atoms with E-state index in [1.54, 1.807) is 0 Å². The topological polar surface area (TPSA) is 106 Å². The highest BCUT2D eigenvalue weighted by atomic mass is 16.7. The van der Waals surface area contributed by atoms with Crippen molar-refractivity contribution in [2.75, 3.05) is 33.0 Å². The molecule has 8 nitrogen and oxygen atoms in total. The molecule has 8 heteroatoms. The summed E-state index contributed by atoms with van der Waals surface area (Å²) in [5.41, 5.74) is 2.42. The van der Waals surface area contributed by atoms with Crippen molar-refractivity contribution in [3.8, 4) is 11.5 Å². The highest BCUT2D eigenvalue weighted by molar-refractivity contribution is 5.72. The summed E-state index contributed by atoms with van der Waals surface area (Å²) in [7, 11) is 0. The predicted octanol–water partition coefficient (Wildman–Crippen LogP) is 5.61. The molecule has 2 saturated carbocycles. The highest BCUT2D eigenvalue weighted by Crippen LogP contribution is 2.26. The number of carbonyl (C=O) groups is 1. The van der Waals surface area contributed by atoms with Gasteiger partial charge >= 0.3 is 0 Å². The minimum atomic E-state index is -0.137. The molecular weight excluding hydrogens is 558 g/mol. The smallest absolute Gasteiger partial charge is 0.216 e. The van der Waals surface area contributed by atoms with E-state index < -0.39 is 0 Å². The zero-order valence-corrected chi connectivity index (χ0v) is 26.5. The quantitative estimate of drug-likeness (QED) is 0.239. The van der Waals surface area contributed by atoms with Gasteiger partial charge in [0.15, 0.2) is 6.29 Å². The molecule has 3 aliphatic rings. The Morgan fingerprint density at radius 3 is 1.80 bits per heavy atom. The van der Waals surface area contributed by atoms with Crippen LogP contribution < -0.4 is 14.8 Å². The molecule has 1 heterocycles. The Kier molecular flexibility index (Phi) is 14.8. The summed E-state index contributed by atoms with van der Waals surface area (Å²) in [6, 6.07) is 16.5. The van der Waals surface area contributed by atoms with Crippen molar-refractivity contribution in [1.82, 2.24) is 5.32 Å². The summed E-state index contributed by atoms with van der Waals surface area (Å²) in [6.45, 7) is 3.72. The van der Waals surface area contributed by atoms with Gasteiger partial charge in [-0.3, -0.25) is 4.79 Å². The number of rotatable bonds is 14. The van der Waals surface area contributed by atoms with Gasteiger partial charge in [0.05, 0.1) is 25.4 Å². The van der Waals surface area contributed by atoms with E-state index in [1.165, 1.54) is 63.9 Å². The largest absolute Gasteiger partial charge is 0.490 e. The van der Waals surface area contributed by atoms with E-state index in [9.17, 15) is 4.79 Å². The number of aliphatic hydroxyl groups excluding tert-OH is 2. The molecule has 3 fully saturated rings. The number of hydrogen-bond acceptors (Lipinski definition) is 7. The second kappa shape index (κ2) is 19.0. The van der Waals surface area contributed by atoms with Gasteiger partial charge < -0.3 is 34.5 Å². The maximum Gasteiger partial charge on any atom is 0.216 e. The molecule has 0 atom stereocenters. The summed E-state index contributed by atoms with van der Waals surface area (Å²) >= 11 is 0. The molecule has 0 spiro atoms. The number of benzene rings is 2. The van der Waals surface area contributed by atoms with Gasteiger partial charge in [-0.25, -0.2) is 0 Å². The van der Waals surface area contributed by atoms with Crippen molar-refractivity contribution in [2.45, 2.75) is 102 Å². The third-order valence-corrected chi connectivity index (χ3v) is 8.65. The lowest BCUT2D eigenvalue weighted by atomic mass is 10.00. The van der Waals surface area contributed by atoms with Crippen LogP contribution in [0.25, 0.3) is 0 Å². The molecule has 1 saturated heterocycles. The lowest BCUT2D eigenvalue weighted by molar-refractivity contribution is -0.202. The van der Waals surface area contributed by atoms with Crippen LogP contribution in [0.5, 0.6) is 11.5 Å². The predicted molar refractivity (Wildman–Crippen MR) is 171 cm³/mol. The zero-order valence-electron chi connectivity index (χ0n) is 26.5. The second-order valence-corrected chi connectivity index (χ2v) is 12.6. The molecule has 244 valence electrons. The monoisotopic (exact) mass is 611 g/mol. The highest BCUT2D eigenvalue weighted by Gasteiger charge is 2.22. The summed E-state index contributed by atoms with van der Waals surface area (Å²) < 4.78 is 23.6. The minimum absolute atomic E-state index is 0.00945. The molecule has 0 radical (unpaired) electrons. The van der Waals surface area contributed by atoms with Crippen LogP contribution in [0.4, 0.5) is 0 Å². The first kappa shape index (κ1) is 34.2. The normalized spacial score (nSPS) is 20.7. The number of aliphatic hydroxyl groups is 2. The number of hydrogen-bond donors (Lipinski definition) is 3. The molecule has 44 heavy (non-hydrogen) atoms. The average Bonchev–Trinajstić information content (AvgIpc) is 3.76. The maximum absolute atomic E-state index is 10.8. The minimum Gasteiger partial charge on any atom is -0.490 e. The van der Waals surface area contributed by atoms with Crippen LogP contribution in [0.2, 0.25) is 0 Å². The molecule has 1 aliphatic heterocycles. The van der Waals surface area contributed by atoms with E-state index >= 15 is 0 Å². The van der Waals surface area contributed by atoms with Crippen LogP contribution >= 0.6 is 0 Å². The van der Waals surface area contributed by atoms with E-state index in [2.05, 4.69) is 29.6 Å². The number of carbonyl (C=O) groups excluding carboxylic acids is 1. The first-order chi connectivity index (χ1) is 21.5. The number of amides is 1. The van der Waals surface area contributed by atoms with Crippen molar-refractivity contribution in [1.29, 1.82) is 0 Å². The van der Waals surface area contributed by atoms with Crippen molar-refractivity contribution >= 4 is 5.91 Å². The van der Waals surface area contributed by atoms with Crippen LogP contribution in [0.15, 0.2) is 48.5 Å². The van der Waals surface area contributed by atoms with E-state index in [-0.39, 0.29) is 31.3 Å². The molecule has 5 rings (SSSR count). The molecule has 2 aromatic rings. The summed E-state index contributed by atoms with van der Waals surface area (Å²) in [5.74, 6) is 2.25. The first-order valence-corrected chi connectivity index (χ1v) is 16.7. The third-order valence-electron chi connectivity index (χ3n) is 8.65. The molecule has 0 aromatic heterocycles. The van der Waals surface area contributed by atoms with Crippen LogP contribution in [0, 0.1) is 11.8 Å². The van der Waals surface area contributed by atoms with Crippen LogP contribution in [0.1, 0.15) is 82.3 Å². The second-order valence-electron chi connectivity index (χ2n) is 12.6. The fourth-order valence-corrected chi connectivity index (χ4v) is 6.06. The van der Waals surface area contributed by atoms with Crippen LogP contribution in [-0.4, -0.2) is 67.6 Å². The Balaban J connectivity index is 0.000000215. The SMILES string of the molecule is CC(=O)NCCCC1OCC(Cc2ccc(OC3CCCC3)cc2)CO1.OCC(CO)Cc1ccc(OC2CCCC2)cc1. The molecular formula is C36H53NO7. The van der Waals surface area contributed by atoms with Crippen LogP contribution in [0.3, 0.4) is 0 Å². The van der Waals surface area contributed by atoms with Crippen molar-refractivity contribution < 1.29 is 34.0 Å². The van der Waals surface area contributed by atoms with Gasteiger partial charge in [-0.05, 0) is 106 Å². The molecule has 3 N–H and O–H groups in total. The third kappa shape index (κ3) is 12.4. The average molecular weight is 612 g/mol. The number of nitrogens with one attached hydrogen (secondary N) is 1. The van der Waals surface area contributed by atoms with Gasteiger partial charge in [0.1, 0.15) is 11.5 Å². The van der Waals surface area contributed by atoms with Crippen LogP contribution in [-0.2, 0) is 27.1 Å². The van der Waals surface area contributed by atoms with Gasteiger partial charge in [0.25, 0.3) is 0 Å². The molecule has 0 unspecified atom stereocenters. The van der Waals surface area contributed by atoms with E-state index in [1.807, 2.05) is 24.3 Å². The van der Waals surface area contributed by atoms with Gasteiger partial charge in [0.2, 0.25) is 5.91 Å². The molecule has 2 aliphatic carbocycles. The fraction of sp³-hybridized carbons (Fsp3) is 0.639. The Hall–Kier alpha value is -2.65. The Bertz CT molecular complexity index is 1030. The van der Waals surface area contributed by atoms with Crippen molar-refractivity contribution in [2.24, 2.45) is 11.8 Å². The van der Waals surface area contributed by atoms with E-state index in [0.29, 0.717) is 31.1 Å². The van der Waals surface area contributed by atoms with Gasteiger partial charge in [0, 0.05) is 44.9 Å². The zero-order chi connectivity index (χ0) is 31.0. The lowest BCUT2D eigenvalue weighted by Gasteiger charge is -2.29. The van der Waals surface area contributed by atoms with E-state index in [0.717, 1.165) is 49.5 Å². The number of ether oxygens (including phenoxy) is 4. The maximum atomic E-state index is 10.8.